The van der Waals surface area contributed by atoms with Crippen molar-refractivity contribution in [2.45, 2.75) is 39.7 Å². The number of nitrogens with zero attached hydrogens (tertiary/aromatic N) is 2. The number of nitriles is 1. The minimum Gasteiger partial charge on any atom is -0.299 e. The molecule has 1 aromatic carbocycles. The zero-order chi connectivity index (χ0) is 16.9. The molecular weight excluding hydrogens is 310 g/mol. The van der Waals surface area contributed by atoms with Gasteiger partial charge < -0.3 is 0 Å². The average Bonchev–Trinajstić information content (AvgIpc) is 2.50. The monoisotopic (exact) mass is 335 g/mol. The normalized spacial score (nSPS) is 18.3. The Kier molecular flexibility index (Phi) is 5.66. The molecule has 0 amide bonds. The average molecular weight is 335 g/mol. The van der Waals surface area contributed by atoms with Gasteiger partial charge in [-0.25, -0.2) is 8.42 Å². The third-order valence-electron chi connectivity index (χ3n) is 4.56. The molecule has 0 aliphatic carbocycles. The molecule has 0 atom stereocenters. The van der Waals surface area contributed by atoms with Crippen LogP contribution in [0.2, 0.25) is 0 Å². The summed E-state index contributed by atoms with van der Waals surface area (Å²) in [6, 6.07) is 9.87. The maximum Gasteiger partial charge on any atom is 0.232 e. The molecule has 1 aromatic rings. The Labute approximate surface area is 139 Å². The summed E-state index contributed by atoms with van der Waals surface area (Å²) in [7, 11) is -3.24. The first-order valence-electron chi connectivity index (χ1n) is 8.04. The van der Waals surface area contributed by atoms with Gasteiger partial charge in [0.25, 0.3) is 0 Å². The Morgan fingerprint density at radius 1 is 1.35 bits per heavy atom. The van der Waals surface area contributed by atoms with E-state index in [0.717, 1.165) is 38.0 Å². The largest absolute Gasteiger partial charge is 0.299 e. The highest BCUT2D eigenvalue weighted by molar-refractivity contribution is 7.92. The molecule has 0 radical (unpaired) electrons. The molecule has 0 unspecified atom stereocenters. The van der Waals surface area contributed by atoms with Crippen LogP contribution in [-0.4, -0.2) is 32.2 Å². The summed E-state index contributed by atoms with van der Waals surface area (Å²) in [5.41, 5.74) is 1.87. The fraction of sp³-hybridized carbons (Fsp3) is 0.588. The highest BCUT2D eigenvalue weighted by Crippen LogP contribution is 2.34. The molecule has 126 valence electrons. The van der Waals surface area contributed by atoms with E-state index in [4.69, 9.17) is 5.26 Å². The van der Waals surface area contributed by atoms with Crippen LogP contribution in [0.1, 0.15) is 38.7 Å². The predicted molar refractivity (Wildman–Crippen MR) is 92.4 cm³/mol. The minimum atomic E-state index is -3.24. The van der Waals surface area contributed by atoms with Gasteiger partial charge in [-0.3, -0.25) is 9.62 Å². The van der Waals surface area contributed by atoms with Gasteiger partial charge in [-0.2, -0.15) is 5.26 Å². The standard InChI is InChI=1S/C17H25N3O2S/c1-3-23(21,22)19-16-6-4-5-15(13-16)14-20-11-8-17(2,7-10-18)9-12-20/h4-6,13,19H,3,7-9,11-12,14H2,1-2H3. The predicted octanol–water partition coefficient (Wildman–Crippen LogP) is 2.96. The fourth-order valence-corrected chi connectivity index (χ4v) is 3.49. The van der Waals surface area contributed by atoms with Crippen LogP contribution in [-0.2, 0) is 16.6 Å². The molecule has 1 N–H and O–H groups in total. The molecular formula is C17H25N3O2S. The molecule has 23 heavy (non-hydrogen) atoms. The van der Waals surface area contributed by atoms with Gasteiger partial charge in [-0.05, 0) is 56.0 Å². The van der Waals surface area contributed by atoms with Crippen molar-refractivity contribution < 1.29 is 8.42 Å². The van der Waals surface area contributed by atoms with Gasteiger partial charge in [-0.15, -0.1) is 0 Å². The second kappa shape index (κ2) is 7.33. The van der Waals surface area contributed by atoms with Gasteiger partial charge in [0, 0.05) is 18.7 Å². The van der Waals surface area contributed by atoms with Crippen molar-refractivity contribution in [3.63, 3.8) is 0 Å². The van der Waals surface area contributed by atoms with Crippen LogP contribution in [0.25, 0.3) is 0 Å². The van der Waals surface area contributed by atoms with Crippen LogP contribution in [0.15, 0.2) is 24.3 Å². The van der Waals surface area contributed by atoms with Crippen LogP contribution >= 0.6 is 0 Å². The van der Waals surface area contributed by atoms with E-state index < -0.39 is 10.0 Å². The number of sulfonamides is 1. The second-order valence-corrected chi connectivity index (χ2v) is 8.64. The number of hydrogen-bond donors (Lipinski definition) is 1. The molecule has 1 aliphatic heterocycles. The molecule has 1 aliphatic rings. The van der Waals surface area contributed by atoms with Crippen LogP contribution in [0.3, 0.4) is 0 Å². The Bertz CT molecular complexity index is 671. The van der Waals surface area contributed by atoms with Crippen molar-refractivity contribution in [2.24, 2.45) is 5.41 Å². The molecule has 2 rings (SSSR count). The van der Waals surface area contributed by atoms with Gasteiger partial charge in [0.2, 0.25) is 10.0 Å². The van der Waals surface area contributed by atoms with Gasteiger partial charge in [-0.1, -0.05) is 19.1 Å². The van der Waals surface area contributed by atoms with E-state index >= 15 is 0 Å². The van der Waals surface area contributed by atoms with E-state index in [1.165, 1.54) is 0 Å². The highest BCUT2D eigenvalue weighted by atomic mass is 32.2. The number of anilines is 1. The summed E-state index contributed by atoms with van der Waals surface area (Å²) in [6.07, 6.45) is 2.68. The van der Waals surface area contributed by atoms with Crippen LogP contribution in [0.5, 0.6) is 0 Å². The van der Waals surface area contributed by atoms with E-state index in [-0.39, 0.29) is 11.2 Å². The van der Waals surface area contributed by atoms with Crippen molar-refractivity contribution in [1.29, 1.82) is 5.26 Å². The van der Waals surface area contributed by atoms with Crippen molar-refractivity contribution >= 4 is 15.7 Å². The lowest BCUT2D eigenvalue weighted by atomic mass is 9.78. The molecule has 1 fully saturated rings. The van der Waals surface area contributed by atoms with E-state index in [1.54, 1.807) is 13.0 Å². The molecule has 0 aromatic heterocycles. The van der Waals surface area contributed by atoms with E-state index in [1.807, 2.05) is 18.2 Å². The Hall–Kier alpha value is -1.58. The summed E-state index contributed by atoms with van der Waals surface area (Å²) < 4.78 is 25.9. The zero-order valence-electron chi connectivity index (χ0n) is 13.9. The number of hydrogen-bond acceptors (Lipinski definition) is 4. The van der Waals surface area contributed by atoms with Crippen molar-refractivity contribution in [1.82, 2.24) is 4.90 Å². The van der Waals surface area contributed by atoms with Crippen LogP contribution < -0.4 is 4.72 Å². The van der Waals surface area contributed by atoms with Crippen LogP contribution in [0.4, 0.5) is 5.69 Å². The lowest BCUT2D eigenvalue weighted by Gasteiger charge is -2.38. The quantitative estimate of drug-likeness (QED) is 0.867. The van der Waals surface area contributed by atoms with Gasteiger partial charge in [0.1, 0.15) is 0 Å². The topological polar surface area (TPSA) is 73.2 Å². The highest BCUT2D eigenvalue weighted by Gasteiger charge is 2.29. The maximum absolute atomic E-state index is 11.7. The summed E-state index contributed by atoms with van der Waals surface area (Å²) in [6.45, 7) is 6.57. The number of piperidine rings is 1. The van der Waals surface area contributed by atoms with E-state index in [9.17, 15) is 8.42 Å². The molecule has 5 nitrogen and oxygen atoms in total. The third kappa shape index (κ3) is 5.22. The maximum atomic E-state index is 11.7. The number of rotatable bonds is 6. The number of benzene rings is 1. The van der Waals surface area contributed by atoms with Gasteiger partial charge >= 0.3 is 0 Å². The van der Waals surface area contributed by atoms with Crippen molar-refractivity contribution in [2.75, 3.05) is 23.6 Å². The van der Waals surface area contributed by atoms with Gasteiger partial charge in [0.15, 0.2) is 0 Å². The molecule has 6 heteroatoms. The third-order valence-corrected chi connectivity index (χ3v) is 5.86. The SMILES string of the molecule is CCS(=O)(=O)Nc1cccc(CN2CCC(C)(CC#N)CC2)c1. The summed E-state index contributed by atoms with van der Waals surface area (Å²) in [5, 5.41) is 8.91. The Morgan fingerprint density at radius 3 is 2.65 bits per heavy atom. The molecule has 0 spiro atoms. The molecule has 0 saturated carbocycles. The van der Waals surface area contributed by atoms with Crippen molar-refractivity contribution in [3.8, 4) is 6.07 Å². The Balaban J connectivity index is 1.96. The second-order valence-electron chi connectivity index (χ2n) is 6.63. The first-order chi connectivity index (χ1) is 10.9. The summed E-state index contributed by atoms with van der Waals surface area (Å²) in [4.78, 5) is 2.37. The van der Waals surface area contributed by atoms with Crippen molar-refractivity contribution in [3.05, 3.63) is 29.8 Å². The summed E-state index contributed by atoms with van der Waals surface area (Å²) >= 11 is 0. The van der Waals surface area contributed by atoms with E-state index in [0.29, 0.717) is 12.1 Å². The molecule has 1 heterocycles. The van der Waals surface area contributed by atoms with Crippen LogP contribution in [0, 0.1) is 16.7 Å². The van der Waals surface area contributed by atoms with E-state index in [2.05, 4.69) is 22.6 Å². The first-order valence-corrected chi connectivity index (χ1v) is 9.70. The smallest absolute Gasteiger partial charge is 0.232 e. The first kappa shape index (κ1) is 17.8. The molecule has 1 saturated heterocycles. The zero-order valence-corrected chi connectivity index (χ0v) is 14.7. The lowest BCUT2D eigenvalue weighted by molar-refractivity contribution is 0.116. The lowest BCUT2D eigenvalue weighted by Crippen LogP contribution is -2.38. The minimum absolute atomic E-state index is 0.0703. The number of nitrogens with one attached hydrogen (secondary N) is 1. The van der Waals surface area contributed by atoms with Gasteiger partial charge in [0.05, 0.1) is 11.8 Å². The molecule has 0 bridgehead atoms. The number of likely N-dealkylation sites (tertiary alicyclic amines) is 1. The fourth-order valence-electron chi connectivity index (χ4n) is 2.86. The summed E-state index contributed by atoms with van der Waals surface area (Å²) in [5.74, 6) is 0.0703. The Morgan fingerprint density at radius 2 is 2.04 bits per heavy atom.